The molecule has 3 nitrogen and oxygen atoms in total. The van der Waals surface area contributed by atoms with Gasteiger partial charge in [-0.15, -0.1) is 0 Å². The van der Waals surface area contributed by atoms with E-state index in [9.17, 15) is 4.79 Å². The second kappa shape index (κ2) is 6.57. The summed E-state index contributed by atoms with van der Waals surface area (Å²) >= 11 is 0. The number of carbonyl (C=O) groups is 1. The van der Waals surface area contributed by atoms with E-state index in [1.165, 1.54) is 6.08 Å². The van der Waals surface area contributed by atoms with Gasteiger partial charge < -0.3 is 9.64 Å². The molecule has 0 saturated heterocycles. The minimum atomic E-state index is -0.0883. The number of nitrogens with zero attached hydrogens (tertiary/aromatic N) is 1. The second-order valence-electron chi connectivity index (χ2n) is 4.46. The van der Waals surface area contributed by atoms with Gasteiger partial charge in [-0.25, -0.2) is 0 Å². The third-order valence-electron chi connectivity index (χ3n) is 2.87. The number of para-hydroxylation sites is 1. The molecular formula is C17H17NO2. The third kappa shape index (κ3) is 3.72. The number of likely N-dealkylation sites (N-methyl/N-ethyl adjacent to an activating group) is 1. The van der Waals surface area contributed by atoms with Crippen molar-refractivity contribution in [3.05, 3.63) is 72.8 Å². The molecule has 0 radical (unpaired) electrons. The van der Waals surface area contributed by atoms with E-state index in [-0.39, 0.29) is 5.91 Å². The van der Waals surface area contributed by atoms with E-state index >= 15 is 0 Å². The van der Waals surface area contributed by atoms with E-state index in [1.54, 1.807) is 11.9 Å². The first-order valence-corrected chi connectivity index (χ1v) is 6.38. The van der Waals surface area contributed by atoms with E-state index in [2.05, 4.69) is 6.58 Å². The van der Waals surface area contributed by atoms with Gasteiger partial charge in [0.1, 0.15) is 11.5 Å². The van der Waals surface area contributed by atoms with E-state index in [1.807, 2.05) is 54.6 Å². The van der Waals surface area contributed by atoms with Gasteiger partial charge in [-0.2, -0.15) is 0 Å². The first-order valence-electron chi connectivity index (χ1n) is 6.38. The molecule has 0 aliphatic heterocycles. The van der Waals surface area contributed by atoms with Crippen LogP contribution in [0.4, 0.5) is 0 Å². The molecule has 102 valence electrons. The van der Waals surface area contributed by atoms with Gasteiger partial charge in [-0.1, -0.05) is 36.9 Å². The summed E-state index contributed by atoms with van der Waals surface area (Å²) in [5.74, 6) is 1.49. The van der Waals surface area contributed by atoms with Gasteiger partial charge in [0.15, 0.2) is 0 Å². The molecule has 0 aromatic heterocycles. The molecule has 0 fully saturated rings. The van der Waals surface area contributed by atoms with Crippen LogP contribution >= 0.6 is 0 Å². The van der Waals surface area contributed by atoms with E-state index in [4.69, 9.17) is 4.74 Å². The van der Waals surface area contributed by atoms with Crippen LogP contribution in [0.15, 0.2) is 67.3 Å². The highest BCUT2D eigenvalue weighted by molar-refractivity contribution is 5.86. The zero-order chi connectivity index (χ0) is 14.4. The van der Waals surface area contributed by atoms with Crippen LogP contribution in [-0.2, 0) is 11.3 Å². The highest BCUT2D eigenvalue weighted by atomic mass is 16.5. The van der Waals surface area contributed by atoms with E-state index in [0.29, 0.717) is 6.54 Å². The van der Waals surface area contributed by atoms with Crippen molar-refractivity contribution in [3.8, 4) is 11.5 Å². The van der Waals surface area contributed by atoms with Gasteiger partial charge in [-0.05, 0) is 35.9 Å². The van der Waals surface area contributed by atoms with Crippen LogP contribution in [-0.4, -0.2) is 17.9 Å². The highest BCUT2D eigenvalue weighted by Gasteiger charge is 2.05. The summed E-state index contributed by atoms with van der Waals surface area (Å²) in [4.78, 5) is 13.0. The standard InChI is InChI=1S/C17H17NO2/c1-3-17(19)18(2)13-14-9-11-16(12-10-14)20-15-7-5-4-6-8-15/h3-12H,1,13H2,2H3. The second-order valence-corrected chi connectivity index (χ2v) is 4.46. The summed E-state index contributed by atoms with van der Waals surface area (Å²) < 4.78 is 5.71. The number of hydrogen-bond acceptors (Lipinski definition) is 2. The fourth-order valence-corrected chi connectivity index (χ4v) is 1.80. The summed E-state index contributed by atoms with van der Waals surface area (Å²) in [6, 6.07) is 17.3. The van der Waals surface area contributed by atoms with Crippen molar-refractivity contribution < 1.29 is 9.53 Å². The molecule has 0 aliphatic carbocycles. The Balaban J connectivity index is 1.99. The lowest BCUT2D eigenvalue weighted by Crippen LogP contribution is -2.23. The Morgan fingerprint density at radius 2 is 1.70 bits per heavy atom. The van der Waals surface area contributed by atoms with Crippen molar-refractivity contribution >= 4 is 5.91 Å². The van der Waals surface area contributed by atoms with Crippen LogP contribution in [0, 0.1) is 0 Å². The van der Waals surface area contributed by atoms with Crippen LogP contribution < -0.4 is 4.74 Å². The monoisotopic (exact) mass is 267 g/mol. The fraction of sp³-hybridized carbons (Fsp3) is 0.118. The Hall–Kier alpha value is -2.55. The van der Waals surface area contributed by atoms with Gasteiger partial charge in [-0.3, -0.25) is 4.79 Å². The number of amides is 1. The first-order chi connectivity index (χ1) is 9.69. The summed E-state index contributed by atoms with van der Waals surface area (Å²) in [5, 5.41) is 0. The Bertz CT molecular complexity index is 576. The van der Waals surface area contributed by atoms with Crippen molar-refractivity contribution in [2.45, 2.75) is 6.54 Å². The molecule has 0 heterocycles. The molecule has 0 unspecified atom stereocenters. The van der Waals surface area contributed by atoms with Crippen LogP contribution in [0.3, 0.4) is 0 Å². The Labute approximate surface area is 119 Å². The predicted octanol–water partition coefficient (Wildman–Crippen LogP) is 3.62. The maximum atomic E-state index is 11.4. The molecule has 0 bridgehead atoms. The van der Waals surface area contributed by atoms with Crippen molar-refractivity contribution in [3.63, 3.8) is 0 Å². The van der Waals surface area contributed by atoms with E-state index in [0.717, 1.165) is 17.1 Å². The topological polar surface area (TPSA) is 29.5 Å². The van der Waals surface area contributed by atoms with Crippen LogP contribution in [0.1, 0.15) is 5.56 Å². The molecule has 0 saturated carbocycles. The Morgan fingerprint density at radius 3 is 2.30 bits per heavy atom. The van der Waals surface area contributed by atoms with Crippen molar-refractivity contribution in [1.82, 2.24) is 4.90 Å². The molecule has 2 aromatic rings. The lowest BCUT2D eigenvalue weighted by Gasteiger charge is -2.15. The molecule has 0 aliphatic rings. The molecule has 20 heavy (non-hydrogen) atoms. The number of ether oxygens (including phenoxy) is 1. The van der Waals surface area contributed by atoms with E-state index < -0.39 is 0 Å². The summed E-state index contributed by atoms with van der Waals surface area (Å²) in [7, 11) is 1.75. The van der Waals surface area contributed by atoms with Crippen molar-refractivity contribution in [1.29, 1.82) is 0 Å². The first kappa shape index (κ1) is 13.9. The Kier molecular flexibility index (Phi) is 4.56. The summed E-state index contributed by atoms with van der Waals surface area (Å²) in [5.41, 5.74) is 1.04. The van der Waals surface area contributed by atoms with Gasteiger partial charge in [0.25, 0.3) is 0 Å². The lowest BCUT2D eigenvalue weighted by atomic mass is 10.2. The fourth-order valence-electron chi connectivity index (χ4n) is 1.80. The normalized spacial score (nSPS) is 9.85. The maximum Gasteiger partial charge on any atom is 0.245 e. The zero-order valence-corrected chi connectivity index (χ0v) is 11.5. The van der Waals surface area contributed by atoms with Gasteiger partial charge >= 0.3 is 0 Å². The molecule has 1 amide bonds. The highest BCUT2D eigenvalue weighted by Crippen LogP contribution is 2.21. The number of carbonyl (C=O) groups excluding carboxylic acids is 1. The third-order valence-corrected chi connectivity index (χ3v) is 2.87. The molecule has 0 spiro atoms. The quantitative estimate of drug-likeness (QED) is 0.774. The zero-order valence-electron chi connectivity index (χ0n) is 11.5. The summed E-state index contributed by atoms with van der Waals surface area (Å²) in [6.45, 7) is 4.03. The van der Waals surface area contributed by atoms with Crippen molar-refractivity contribution in [2.75, 3.05) is 7.05 Å². The molecule has 2 aromatic carbocycles. The lowest BCUT2D eigenvalue weighted by molar-refractivity contribution is -0.125. The average molecular weight is 267 g/mol. The average Bonchev–Trinajstić information content (AvgIpc) is 2.49. The molecule has 0 atom stereocenters. The smallest absolute Gasteiger partial charge is 0.245 e. The van der Waals surface area contributed by atoms with Crippen LogP contribution in [0.5, 0.6) is 11.5 Å². The van der Waals surface area contributed by atoms with Gasteiger partial charge in [0.05, 0.1) is 0 Å². The van der Waals surface area contributed by atoms with Gasteiger partial charge in [0, 0.05) is 13.6 Å². The number of hydrogen-bond donors (Lipinski definition) is 0. The van der Waals surface area contributed by atoms with Crippen LogP contribution in [0.2, 0.25) is 0 Å². The minimum absolute atomic E-state index is 0.0883. The summed E-state index contributed by atoms with van der Waals surface area (Å²) in [6.07, 6.45) is 1.31. The Morgan fingerprint density at radius 1 is 1.10 bits per heavy atom. The molecule has 2 rings (SSSR count). The maximum absolute atomic E-state index is 11.4. The van der Waals surface area contributed by atoms with Gasteiger partial charge in [0.2, 0.25) is 5.91 Å². The number of rotatable bonds is 5. The minimum Gasteiger partial charge on any atom is -0.457 e. The predicted molar refractivity (Wildman–Crippen MR) is 79.6 cm³/mol. The van der Waals surface area contributed by atoms with Crippen molar-refractivity contribution in [2.24, 2.45) is 0 Å². The molecule has 0 N–H and O–H groups in total. The molecular weight excluding hydrogens is 250 g/mol. The van der Waals surface area contributed by atoms with Crippen LogP contribution in [0.25, 0.3) is 0 Å². The molecule has 3 heteroatoms. The largest absolute Gasteiger partial charge is 0.457 e. The SMILES string of the molecule is C=CC(=O)N(C)Cc1ccc(Oc2ccccc2)cc1. The number of benzene rings is 2.